The maximum absolute atomic E-state index is 5.84. The Morgan fingerprint density at radius 3 is 1.95 bits per heavy atom. The second-order valence-electron chi connectivity index (χ2n) is 5.11. The largest absolute Gasteiger partial charge is 0.500 e. The molecule has 21 heavy (non-hydrogen) atoms. The molecular formula is C15H32O5Si. The minimum absolute atomic E-state index is 0.0684. The molecule has 1 aliphatic rings. The van der Waals surface area contributed by atoms with E-state index < -0.39 is 8.80 Å². The van der Waals surface area contributed by atoms with Crippen LogP contribution in [-0.4, -0.2) is 48.1 Å². The third-order valence-corrected chi connectivity index (χ3v) is 6.58. The Kier molecular flexibility index (Phi) is 10.5. The minimum Gasteiger partial charge on any atom is -0.374 e. The lowest BCUT2D eigenvalue weighted by molar-refractivity contribution is -0.214. The molecule has 0 spiro atoms. The highest BCUT2D eigenvalue weighted by Crippen LogP contribution is 2.20. The SMILES string of the molecule is CCO[Si](CCCCCCOC1CCO1)(OCC)OCC. The van der Waals surface area contributed by atoms with Gasteiger partial charge in [-0.15, -0.1) is 0 Å². The highest BCUT2D eigenvalue weighted by molar-refractivity contribution is 6.60. The van der Waals surface area contributed by atoms with E-state index in [9.17, 15) is 0 Å². The van der Waals surface area contributed by atoms with Crippen LogP contribution in [0.1, 0.15) is 52.9 Å². The normalized spacial score (nSPS) is 18.7. The van der Waals surface area contributed by atoms with E-state index in [-0.39, 0.29) is 6.29 Å². The van der Waals surface area contributed by atoms with Crippen molar-refractivity contribution in [1.29, 1.82) is 0 Å². The van der Waals surface area contributed by atoms with E-state index in [2.05, 4.69) is 0 Å². The maximum Gasteiger partial charge on any atom is 0.500 e. The highest BCUT2D eigenvalue weighted by Gasteiger charge is 2.39. The van der Waals surface area contributed by atoms with Crippen LogP contribution in [0.2, 0.25) is 6.04 Å². The van der Waals surface area contributed by atoms with Gasteiger partial charge in [-0.2, -0.15) is 0 Å². The van der Waals surface area contributed by atoms with Crippen molar-refractivity contribution in [3.8, 4) is 0 Å². The number of ether oxygens (including phenoxy) is 2. The molecule has 0 aromatic rings. The first-order chi connectivity index (χ1) is 10.3. The molecule has 1 saturated heterocycles. The first-order valence-corrected chi connectivity index (χ1v) is 10.3. The molecule has 0 radical (unpaired) electrons. The van der Waals surface area contributed by atoms with E-state index in [1.54, 1.807) is 0 Å². The molecule has 1 atom stereocenters. The lowest BCUT2D eigenvalue weighted by Gasteiger charge is -2.28. The summed E-state index contributed by atoms with van der Waals surface area (Å²) in [6.45, 7) is 9.61. The average Bonchev–Trinajstić information content (AvgIpc) is 2.40. The summed E-state index contributed by atoms with van der Waals surface area (Å²) >= 11 is 0. The monoisotopic (exact) mass is 320 g/mol. The number of hydrogen-bond donors (Lipinski definition) is 0. The molecule has 1 fully saturated rings. The maximum atomic E-state index is 5.84. The topological polar surface area (TPSA) is 46.2 Å². The summed E-state index contributed by atoms with van der Waals surface area (Å²) in [6, 6.07) is 0.912. The Balaban J connectivity index is 2.09. The van der Waals surface area contributed by atoms with E-state index in [0.717, 1.165) is 44.9 Å². The van der Waals surface area contributed by atoms with Gasteiger partial charge in [-0.1, -0.05) is 12.8 Å². The third kappa shape index (κ3) is 7.72. The van der Waals surface area contributed by atoms with Crippen molar-refractivity contribution in [3.63, 3.8) is 0 Å². The fourth-order valence-electron chi connectivity index (χ4n) is 2.36. The summed E-state index contributed by atoms with van der Waals surface area (Å²) in [6.07, 6.45) is 5.63. The second kappa shape index (κ2) is 11.6. The molecule has 5 nitrogen and oxygen atoms in total. The van der Waals surface area contributed by atoms with Crippen LogP contribution in [0.25, 0.3) is 0 Å². The van der Waals surface area contributed by atoms with Crippen molar-refractivity contribution < 1.29 is 22.8 Å². The Morgan fingerprint density at radius 2 is 1.48 bits per heavy atom. The number of rotatable bonds is 14. The second-order valence-corrected chi connectivity index (χ2v) is 7.84. The lowest BCUT2D eigenvalue weighted by atomic mass is 10.2. The first-order valence-electron chi connectivity index (χ1n) is 8.41. The Morgan fingerprint density at radius 1 is 0.905 bits per heavy atom. The van der Waals surface area contributed by atoms with E-state index in [0.29, 0.717) is 19.8 Å². The van der Waals surface area contributed by atoms with Crippen molar-refractivity contribution in [2.45, 2.75) is 65.2 Å². The van der Waals surface area contributed by atoms with Gasteiger partial charge >= 0.3 is 8.80 Å². The van der Waals surface area contributed by atoms with Gasteiger partial charge in [-0.25, -0.2) is 0 Å². The van der Waals surface area contributed by atoms with Crippen LogP contribution >= 0.6 is 0 Å². The van der Waals surface area contributed by atoms with Crippen LogP contribution in [0.3, 0.4) is 0 Å². The molecule has 0 bridgehead atoms. The predicted molar refractivity (Wildman–Crippen MR) is 84.2 cm³/mol. The van der Waals surface area contributed by atoms with Gasteiger partial charge in [0.25, 0.3) is 0 Å². The summed E-state index contributed by atoms with van der Waals surface area (Å²) in [5.41, 5.74) is 0. The fraction of sp³-hybridized carbons (Fsp3) is 1.00. The minimum atomic E-state index is -2.43. The fourth-order valence-corrected chi connectivity index (χ4v) is 5.04. The Labute approximate surface area is 130 Å². The van der Waals surface area contributed by atoms with Gasteiger partial charge < -0.3 is 22.8 Å². The highest BCUT2D eigenvalue weighted by atomic mass is 28.4. The van der Waals surface area contributed by atoms with Crippen LogP contribution in [-0.2, 0) is 22.8 Å². The zero-order valence-corrected chi connectivity index (χ0v) is 14.9. The summed E-state index contributed by atoms with van der Waals surface area (Å²) < 4.78 is 28.3. The molecule has 1 heterocycles. The zero-order valence-electron chi connectivity index (χ0n) is 13.9. The molecule has 0 aromatic heterocycles. The summed E-state index contributed by atoms with van der Waals surface area (Å²) in [4.78, 5) is 0. The number of unbranched alkanes of at least 4 members (excludes halogenated alkanes) is 3. The van der Waals surface area contributed by atoms with Gasteiger partial charge in [0.05, 0.1) is 6.61 Å². The molecule has 0 aromatic carbocycles. The smallest absolute Gasteiger partial charge is 0.374 e. The van der Waals surface area contributed by atoms with Crippen molar-refractivity contribution in [1.82, 2.24) is 0 Å². The lowest BCUT2D eigenvalue weighted by Crippen LogP contribution is -2.45. The van der Waals surface area contributed by atoms with E-state index in [4.69, 9.17) is 22.8 Å². The third-order valence-electron chi connectivity index (χ3n) is 3.43. The van der Waals surface area contributed by atoms with Crippen LogP contribution in [0.4, 0.5) is 0 Å². The molecule has 1 rings (SSSR count). The van der Waals surface area contributed by atoms with Crippen molar-refractivity contribution in [2.24, 2.45) is 0 Å². The Bertz CT molecular complexity index is 231. The summed E-state index contributed by atoms with van der Waals surface area (Å²) in [5.74, 6) is 0. The van der Waals surface area contributed by atoms with Crippen molar-refractivity contribution in [3.05, 3.63) is 0 Å². The van der Waals surface area contributed by atoms with Crippen LogP contribution in [0.15, 0.2) is 0 Å². The Hall–Kier alpha value is 0.0169. The summed E-state index contributed by atoms with van der Waals surface area (Å²) in [7, 11) is -2.43. The molecule has 1 unspecified atom stereocenters. The van der Waals surface area contributed by atoms with Crippen LogP contribution in [0.5, 0.6) is 0 Å². The molecular weight excluding hydrogens is 288 g/mol. The average molecular weight is 321 g/mol. The van der Waals surface area contributed by atoms with Gasteiger partial charge in [0.1, 0.15) is 0 Å². The standard InChI is InChI=1S/C15H32O5Si/c1-4-18-21(19-5-2,20-6-3)14-10-8-7-9-12-16-15-11-13-17-15/h15H,4-14H2,1-3H3. The number of hydrogen-bond acceptors (Lipinski definition) is 5. The molecule has 0 N–H and O–H groups in total. The molecule has 0 saturated carbocycles. The molecule has 0 aliphatic carbocycles. The van der Waals surface area contributed by atoms with E-state index in [1.807, 2.05) is 20.8 Å². The van der Waals surface area contributed by atoms with E-state index >= 15 is 0 Å². The van der Waals surface area contributed by atoms with Crippen molar-refractivity contribution >= 4 is 8.80 Å². The van der Waals surface area contributed by atoms with Gasteiger partial charge in [-0.05, 0) is 33.6 Å². The first kappa shape index (κ1) is 19.1. The van der Waals surface area contributed by atoms with Crippen LogP contribution < -0.4 is 0 Å². The van der Waals surface area contributed by atoms with Crippen molar-refractivity contribution in [2.75, 3.05) is 33.0 Å². The van der Waals surface area contributed by atoms with Gasteiger partial charge in [-0.3, -0.25) is 0 Å². The zero-order chi connectivity index (χ0) is 15.4. The molecule has 1 aliphatic heterocycles. The van der Waals surface area contributed by atoms with Crippen LogP contribution in [0, 0.1) is 0 Å². The summed E-state index contributed by atoms with van der Waals surface area (Å²) in [5, 5.41) is 0. The quantitative estimate of drug-likeness (QED) is 0.363. The van der Waals surface area contributed by atoms with Gasteiger partial charge in [0, 0.05) is 38.9 Å². The molecule has 126 valence electrons. The molecule has 0 amide bonds. The molecule has 6 heteroatoms. The predicted octanol–water partition coefficient (Wildman–Crippen LogP) is 3.36. The van der Waals surface area contributed by atoms with Gasteiger partial charge in [0.2, 0.25) is 0 Å². The van der Waals surface area contributed by atoms with E-state index in [1.165, 1.54) is 6.42 Å². The van der Waals surface area contributed by atoms with Gasteiger partial charge in [0.15, 0.2) is 6.29 Å².